The van der Waals surface area contributed by atoms with Crippen molar-refractivity contribution in [3.8, 4) is 28.6 Å². The van der Waals surface area contributed by atoms with Gasteiger partial charge in [-0.3, -0.25) is 9.36 Å². The molecule has 2 aromatic carbocycles. The molecule has 0 radical (unpaired) electrons. The molecule has 1 amide bonds. The van der Waals surface area contributed by atoms with Crippen molar-refractivity contribution in [2.24, 2.45) is 0 Å². The average molecular weight is 453 g/mol. The van der Waals surface area contributed by atoms with E-state index in [1.54, 1.807) is 11.8 Å². The number of morpholine rings is 1. The highest BCUT2D eigenvalue weighted by molar-refractivity contribution is 7.99. The van der Waals surface area contributed by atoms with Crippen molar-refractivity contribution in [1.29, 1.82) is 0 Å². The lowest BCUT2D eigenvalue weighted by molar-refractivity contribution is -0.135. The molecular weight excluding hydrogens is 428 g/mol. The maximum atomic E-state index is 12.4. The van der Waals surface area contributed by atoms with Gasteiger partial charge in [0.25, 0.3) is 0 Å². The Kier molecular flexibility index (Phi) is 6.27. The van der Waals surface area contributed by atoms with Gasteiger partial charge in [0.2, 0.25) is 12.7 Å². The Morgan fingerprint density at radius 1 is 1.00 bits per heavy atom. The number of amides is 1. The van der Waals surface area contributed by atoms with Gasteiger partial charge in [0, 0.05) is 36.5 Å². The zero-order valence-corrected chi connectivity index (χ0v) is 18.4. The van der Waals surface area contributed by atoms with Gasteiger partial charge >= 0.3 is 0 Å². The van der Waals surface area contributed by atoms with E-state index in [9.17, 15) is 4.79 Å². The van der Waals surface area contributed by atoms with Crippen molar-refractivity contribution in [2.75, 3.05) is 38.8 Å². The summed E-state index contributed by atoms with van der Waals surface area (Å²) < 4.78 is 18.3. The molecule has 1 aromatic heterocycles. The molecule has 1 fully saturated rings. The third kappa shape index (κ3) is 4.44. The lowest BCUT2D eigenvalue weighted by Crippen LogP contribution is -2.40. The number of benzene rings is 2. The zero-order chi connectivity index (χ0) is 21.8. The SMILES string of the molecule is O=C(CCCSc1nnc(-c2ccc3c(c2)OCO3)n1-c1ccccc1)N1CCOCC1. The van der Waals surface area contributed by atoms with Crippen LogP contribution in [0.4, 0.5) is 0 Å². The molecule has 0 spiro atoms. The molecule has 9 heteroatoms. The van der Waals surface area contributed by atoms with E-state index in [1.165, 1.54) is 0 Å². The molecule has 0 aliphatic carbocycles. The van der Waals surface area contributed by atoms with Crippen LogP contribution in [-0.2, 0) is 9.53 Å². The highest BCUT2D eigenvalue weighted by Crippen LogP contribution is 2.37. The molecule has 5 rings (SSSR count). The summed E-state index contributed by atoms with van der Waals surface area (Å²) in [6.07, 6.45) is 1.31. The number of carbonyl (C=O) groups excluding carboxylic acids is 1. The number of hydrogen-bond acceptors (Lipinski definition) is 7. The number of ether oxygens (including phenoxy) is 3. The van der Waals surface area contributed by atoms with Crippen LogP contribution in [-0.4, -0.2) is 64.4 Å². The van der Waals surface area contributed by atoms with E-state index in [-0.39, 0.29) is 12.7 Å². The number of aromatic nitrogens is 3. The van der Waals surface area contributed by atoms with Crippen molar-refractivity contribution in [3.05, 3.63) is 48.5 Å². The monoisotopic (exact) mass is 452 g/mol. The van der Waals surface area contributed by atoms with Crippen LogP contribution in [0.1, 0.15) is 12.8 Å². The highest BCUT2D eigenvalue weighted by Gasteiger charge is 2.20. The number of hydrogen-bond donors (Lipinski definition) is 0. The molecule has 3 aromatic rings. The van der Waals surface area contributed by atoms with Gasteiger partial charge in [0.15, 0.2) is 22.5 Å². The molecule has 1 saturated heterocycles. The summed E-state index contributed by atoms with van der Waals surface area (Å²) in [6.45, 7) is 2.86. The van der Waals surface area contributed by atoms with Crippen LogP contribution in [0.25, 0.3) is 17.1 Å². The highest BCUT2D eigenvalue weighted by atomic mass is 32.2. The summed E-state index contributed by atoms with van der Waals surface area (Å²) in [5.41, 5.74) is 1.89. The quantitative estimate of drug-likeness (QED) is 0.402. The number of para-hydroxylation sites is 1. The van der Waals surface area contributed by atoms with Crippen LogP contribution in [0.3, 0.4) is 0 Å². The largest absolute Gasteiger partial charge is 0.454 e. The van der Waals surface area contributed by atoms with Crippen molar-refractivity contribution < 1.29 is 19.0 Å². The van der Waals surface area contributed by atoms with E-state index in [1.807, 2.05) is 58.0 Å². The summed E-state index contributed by atoms with van der Waals surface area (Å²) in [5.74, 6) is 3.16. The Labute approximate surface area is 190 Å². The maximum Gasteiger partial charge on any atom is 0.231 e. The summed E-state index contributed by atoms with van der Waals surface area (Å²) in [5, 5.41) is 9.74. The normalized spacial score (nSPS) is 15.2. The van der Waals surface area contributed by atoms with Gasteiger partial charge in [0.1, 0.15) is 0 Å². The topological polar surface area (TPSA) is 78.7 Å². The van der Waals surface area contributed by atoms with Crippen molar-refractivity contribution in [1.82, 2.24) is 19.7 Å². The van der Waals surface area contributed by atoms with Crippen molar-refractivity contribution in [3.63, 3.8) is 0 Å². The molecule has 32 heavy (non-hydrogen) atoms. The number of rotatable bonds is 7. The summed E-state index contributed by atoms with van der Waals surface area (Å²) in [7, 11) is 0. The first-order valence-corrected chi connectivity index (χ1v) is 11.7. The predicted octanol–water partition coefficient (Wildman–Crippen LogP) is 3.39. The third-order valence-electron chi connectivity index (χ3n) is 5.41. The van der Waals surface area contributed by atoms with E-state index in [2.05, 4.69) is 10.2 Å². The summed E-state index contributed by atoms with van der Waals surface area (Å²) >= 11 is 1.61. The minimum Gasteiger partial charge on any atom is -0.454 e. The number of carbonyl (C=O) groups is 1. The smallest absolute Gasteiger partial charge is 0.231 e. The summed E-state index contributed by atoms with van der Waals surface area (Å²) in [6, 6.07) is 15.8. The number of nitrogens with zero attached hydrogens (tertiary/aromatic N) is 4. The molecule has 166 valence electrons. The van der Waals surface area contributed by atoms with Crippen LogP contribution < -0.4 is 9.47 Å². The van der Waals surface area contributed by atoms with Gasteiger partial charge in [-0.1, -0.05) is 30.0 Å². The Hall–Kier alpha value is -3.04. The molecule has 2 aliphatic rings. The lowest BCUT2D eigenvalue weighted by Gasteiger charge is -2.26. The molecule has 0 N–H and O–H groups in total. The fourth-order valence-electron chi connectivity index (χ4n) is 3.75. The Balaban J connectivity index is 1.32. The first-order chi connectivity index (χ1) is 15.8. The van der Waals surface area contributed by atoms with Gasteiger partial charge in [-0.15, -0.1) is 10.2 Å². The van der Waals surface area contributed by atoms with Crippen molar-refractivity contribution in [2.45, 2.75) is 18.0 Å². The van der Waals surface area contributed by atoms with Crippen LogP contribution in [0.5, 0.6) is 11.5 Å². The second-order valence-electron chi connectivity index (χ2n) is 7.49. The minimum atomic E-state index is 0.194. The van der Waals surface area contributed by atoms with Crippen LogP contribution >= 0.6 is 11.8 Å². The second kappa shape index (κ2) is 9.62. The lowest BCUT2D eigenvalue weighted by atomic mass is 10.2. The van der Waals surface area contributed by atoms with E-state index in [4.69, 9.17) is 14.2 Å². The molecular formula is C23H24N4O4S. The number of fused-ring (bicyclic) bond motifs is 1. The third-order valence-corrected chi connectivity index (χ3v) is 6.42. The van der Waals surface area contributed by atoms with Gasteiger partial charge < -0.3 is 19.1 Å². The molecule has 2 aliphatic heterocycles. The Bertz CT molecular complexity index is 1080. The van der Waals surface area contributed by atoms with Gasteiger partial charge in [-0.05, 0) is 36.8 Å². The van der Waals surface area contributed by atoms with E-state index < -0.39 is 0 Å². The van der Waals surface area contributed by atoms with Crippen LogP contribution in [0, 0.1) is 0 Å². The van der Waals surface area contributed by atoms with Gasteiger partial charge in [-0.2, -0.15) is 0 Å². The van der Waals surface area contributed by atoms with Crippen LogP contribution in [0.2, 0.25) is 0 Å². The molecule has 0 saturated carbocycles. The molecule has 8 nitrogen and oxygen atoms in total. The number of thioether (sulfide) groups is 1. The van der Waals surface area contributed by atoms with E-state index in [0.717, 1.165) is 40.2 Å². The first-order valence-electron chi connectivity index (χ1n) is 10.7. The van der Waals surface area contributed by atoms with Crippen LogP contribution in [0.15, 0.2) is 53.7 Å². The molecule has 0 atom stereocenters. The molecule has 0 bridgehead atoms. The zero-order valence-electron chi connectivity index (χ0n) is 17.6. The minimum absolute atomic E-state index is 0.194. The standard InChI is InChI=1S/C23H24N4O4S/c28-21(26-10-12-29-13-11-26)7-4-14-32-23-25-24-22(27(23)18-5-2-1-3-6-18)17-8-9-19-20(15-17)31-16-30-19/h1-3,5-6,8-9,15H,4,7,10-14,16H2. The van der Waals surface area contributed by atoms with Crippen molar-refractivity contribution >= 4 is 17.7 Å². The maximum absolute atomic E-state index is 12.4. The second-order valence-corrected chi connectivity index (χ2v) is 8.55. The van der Waals surface area contributed by atoms with E-state index >= 15 is 0 Å². The summed E-state index contributed by atoms with van der Waals surface area (Å²) in [4.78, 5) is 14.3. The van der Waals surface area contributed by atoms with Gasteiger partial charge in [-0.25, -0.2) is 0 Å². The molecule has 0 unspecified atom stereocenters. The fraction of sp³-hybridized carbons (Fsp3) is 0.348. The first kappa shape index (κ1) is 20.8. The van der Waals surface area contributed by atoms with E-state index in [0.29, 0.717) is 38.5 Å². The molecule has 3 heterocycles. The fourth-order valence-corrected chi connectivity index (χ4v) is 4.64. The van der Waals surface area contributed by atoms with Gasteiger partial charge in [0.05, 0.1) is 13.2 Å². The predicted molar refractivity (Wildman–Crippen MR) is 120 cm³/mol. The Morgan fingerprint density at radius 3 is 2.66 bits per heavy atom. The Morgan fingerprint density at radius 2 is 1.81 bits per heavy atom. The average Bonchev–Trinajstić information content (AvgIpc) is 3.49.